The molecule has 0 aromatic heterocycles. The van der Waals surface area contributed by atoms with Crippen molar-refractivity contribution in [3.05, 3.63) is 0 Å². The van der Waals surface area contributed by atoms with E-state index in [-0.39, 0.29) is 0 Å². The van der Waals surface area contributed by atoms with Crippen molar-refractivity contribution in [3.63, 3.8) is 0 Å². The molecule has 16 aliphatic carbocycles. The second-order valence-electron chi connectivity index (χ2n) is 17.2. The van der Waals surface area contributed by atoms with Crippen molar-refractivity contribution in [2.45, 2.75) is 51.4 Å². The Morgan fingerprint density at radius 2 is 1.23 bits per heavy atom. The summed E-state index contributed by atoms with van der Waals surface area (Å²) in [4.78, 5) is 0. The van der Waals surface area contributed by atoms with Gasteiger partial charge < -0.3 is 0 Å². The third kappa shape index (κ3) is 0.548. The normalized spacial score (nSPS) is 102. The number of hydrogen-bond acceptors (Lipinski definition) is 0. The van der Waals surface area contributed by atoms with Crippen LogP contribution in [0.4, 0.5) is 0 Å². The second kappa shape index (κ2) is 2.69. The van der Waals surface area contributed by atoms with Gasteiger partial charge in [0, 0.05) is 0 Å². The van der Waals surface area contributed by atoms with Gasteiger partial charge in [-0.3, -0.25) is 0 Å². The summed E-state index contributed by atoms with van der Waals surface area (Å²) in [6.45, 7) is 0. The standard InChI is InChI=1S/C30H32/c1-10-9-2-12(10)21-15-4-17-23-24-19-5-18-22-16-3-14-13(11(1)9)6-25(14,16)27(22)8-28(24,30(18,19)27)26(23)7-20(21)29(15,17)26/h9-24H,1-8H2/t9?,10?,11?,12?,13?,14?,15-,16?,17?,18?,19?,20?,21?,22?,23?,24?,25-,26+,27+,28-,29+,30+/m0/s1. The molecule has 16 rings (SSSR count). The number of fused-ring (bicyclic) bond motifs is 5. The van der Waals surface area contributed by atoms with Crippen LogP contribution in [0.2, 0.25) is 0 Å². The maximum Gasteiger partial charge on any atom is -0.0105 e. The molecular formula is C30H32. The Kier molecular flexibility index (Phi) is 1.17. The molecule has 0 N–H and O–H groups in total. The van der Waals surface area contributed by atoms with Gasteiger partial charge in [-0.2, -0.15) is 0 Å². The first-order valence-electron chi connectivity index (χ1n) is 14.8. The van der Waals surface area contributed by atoms with E-state index in [4.69, 9.17) is 0 Å². The molecule has 16 fully saturated rings. The molecule has 16 aliphatic rings. The van der Waals surface area contributed by atoms with E-state index >= 15 is 0 Å². The van der Waals surface area contributed by atoms with Crippen molar-refractivity contribution in [3.8, 4) is 0 Å². The minimum absolute atomic E-state index is 0.999. The molecule has 0 radical (unpaired) electrons. The Morgan fingerprint density at radius 3 is 2.10 bits per heavy atom. The van der Waals surface area contributed by atoms with Crippen molar-refractivity contribution in [1.29, 1.82) is 0 Å². The first-order valence-corrected chi connectivity index (χ1v) is 14.8. The maximum atomic E-state index is 1.86. The molecule has 16 saturated carbocycles. The van der Waals surface area contributed by atoms with Gasteiger partial charge in [0.1, 0.15) is 0 Å². The van der Waals surface area contributed by atoms with Crippen LogP contribution in [-0.2, 0) is 0 Å². The lowest BCUT2D eigenvalue weighted by Gasteiger charge is -3.21. The topological polar surface area (TPSA) is 0 Å². The van der Waals surface area contributed by atoms with Crippen LogP contribution in [0.1, 0.15) is 51.4 Å². The highest BCUT2D eigenvalue weighted by Crippen LogP contribution is 3.23. The van der Waals surface area contributed by atoms with Gasteiger partial charge in [-0.15, -0.1) is 0 Å². The van der Waals surface area contributed by atoms with Crippen molar-refractivity contribution in [2.24, 2.45) is 127 Å². The summed E-state index contributed by atoms with van der Waals surface area (Å²) < 4.78 is 0. The molecule has 6 spiro atoms. The van der Waals surface area contributed by atoms with Crippen molar-refractivity contribution < 1.29 is 0 Å². The highest BCUT2D eigenvalue weighted by Gasteiger charge is 3.19. The van der Waals surface area contributed by atoms with Crippen LogP contribution in [0.5, 0.6) is 0 Å². The molecule has 0 aliphatic heterocycles. The molecule has 22 atom stereocenters. The lowest BCUT2D eigenvalue weighted by molar-refractivity contribution is -0.751. The highest BCUT2D eigenvalue weighted by molar-refractivity contribution is 5.65. The summed E-state index contributed by atoms with van der Waals surface area (Å²) in [6.07, 6.45) is 14.2. The zero-order chi connectivity index (χ0) is 17.9. The average Bonchev–Trinajstić information content (AvgIpc) is 2.61. The summed E-state index contributed by atoms with van der Waals surface area (Å²) >= 11 is 0. The van der Waals surface area contributed by atoms with Gasteiger partial charge in [0.05, 0.1) is 0 Å². The van der Waals surface area contributed by atoms with Crippen LogP contribution in [0.25, 0.3) is 0 Å². The Balaban J connectivity index is 1.02. The lowest BCUT2D eigenvalue weighted by atomic mass is 8.82. The number of rotatable bonds is 0. The van der Waals surface area contributed by atoms with Gasteiger partial charge in [-0.25, -0.2) is 0 Å². The predicted octanol–water partition coefficient (Wildman–Crippen LogP) is 5.09. The van der Waals surface area contributed by atoms with Crippen molar-refractivity contribution in [2.75, 3.05) is 0 Å². The third-order valence-electron chi connectivity index (χ3n) is 20.5. The monoisotopic (exact) mass is 392 g/mol. The fourth-order valence-electron chi connectivity index (χ4n) is 21.7. The number of hydrogen-bond donors (Lipinski definition) is 0. The molecule has 0 amide bonds. The van der Waals surface area contributed by atoms with E-state index in [0.29, 0.717) is 0 Å². The van der Waals surface area contributed by atoms with Crippen LogP contribution in [0.3, 0.4) is 0 Å². The zero-order valence-corrected chi connectivity index (χ0v) is 17.9. The Labute approximate surface area is 178 Å². The average molecular weight is 393 g/mol. The van der Waals surface area contributed by atoms with Gasteiger partial charge in [0.15, 0.2) is 0 Å². The quantitative estimate of drug-likeness (QED) is 0.539. The lowest BCUT2D eigenvalue weighted by Crippen LogP contribution is -3.18. The van der Waals surface area contributed by atoms with E-state index < -0.39 is 0 Å². The first-order chi connectivity index (χ1) is 14.8. The molecule has 30 heavy (non-hydrogen) atoms. The van der Waals surface area contributed by atoms with Crippen LogP contribution < -0.4 is 0 Å². The minimum Gasteiger partial charge on any atom is -0.0465 e. The van der Waals surface area contributed by atoms with Crippen LogP contribution >= 0.6 is 0 Å². The van der Waals surface area contributed by atoms with Crippen LogP contribution in [0.15, 0.2) is 0 Å². The van der Waals surface area contributed by atoms with Gasteiger partial charge in [-0.1, -0.05) is 0 Å². The van der Waals surface area contributed by atoms with E-state index in [0.717, 1.165) is 32.5 Å². The van der Waals surface area contributed by atoms with Crippen LogP contribution in [0, 0.1) is 127 Å². The molecule has 152 valence electrons. The Bertz CT molecular complexity index is 1190. The molecule has 0 heteroatoms. The second-order valence-corrected chi connectivity index (χ2v) is 17.2. The molecule has 0 heterocycles. The van der Waals surface area contributed by atoms with Gasteiger partial charge >= 0.3 is 0 Å². The van der Waals surface area contributed by atoms with Crippen LogP contribution in [-0.4, -0.2) is 0 Å². The van der Waals surface area contributed by atoms with E-state index in [9.17, 15) is 0 Å². The molecule has 0 aromatic rings. The molecule has 15 unspecified atom stereocenters. The van der Waals surface area contributed by atoms with Crippen molar-refractivity contribution in [1.82, 2.24) is 0 Å². The fourth-order valence-corrected chi connectivity index (χ4v) is 21.7. The van der Waals surface area contributed by atoms with E-state index in [1.54, 1.807) is 38.5 Å². The highest BCUT2D eigenvalue weighted by atomic mass is 15.2. The molecule has 12 bridgehead atoms. The maximum absolute atomic E-state index is 1.86. The Morgan fingerprint density at radius 1 is 0.467 bits per heavy atom. The van der Waals surface area contributed by atoms with Gasteiger partial charge in [-0.05, 0) is 179 Å². The summed E-state index contributed by atoms with van der Waals surface area (Å²) in [6, 6.07) is 0. The Hall–Kier alpha value is 0. The van der Waals surface area contributed by atoms with Gasteiger partial charge in [0.2, 0.25) is 0 Å². The van der Waals surface area contributed by atoms with E-state index in [1.165, 1.54) is 94.7 Å². The van der Waals surface area contributed by atoms with Crippen molar-refractivity contribution >= 4 is 0 Å². The third-order valence-corrected chi connectivity index (χ3v) is 20.5. The summed E-state index contributed by atoms with van der Waals surface area (Å²) in [7, 11) is 0. The summed E-state index contributed by atoms with van der Waals surface area (Å²) in [5, 5.41) is 0. The fraction of sp³-hybridized carbons (Fsp3) is 1.00. The molecule has 0 aromatic carbocycles. The van der Waals surface area contributed by atoms with Gasteiger partial charge in [0.25, 0.3) is 0 Å². The minimum atomic E-state index is 0.999. The largest absolute Gasteiger partial charge is 0.0465 e. The molecule has 0 nitrogen and oxygen atoms in total. The first kappa shape index (κ1) is 13.0. The van der Waals surface area contributed by atoms with E-state index in [2.05, 4.69) is 0 Å². The SMILES string of the molecule is C1C2C3CC2C2C4C[C@]56C(C7C[C@@H]2[C@]475)C2C4CC5C7C8CC9C(C[C@]98[C@@]78C[C@]26[C@@]458)C13. The summed E-state index contributed by atoms with van der Waals surface area (Å²) in [5.41, 5.74) is 6.12. The zero-order valence-electron chi connectivity index (χ0n) is 17.9. The summed E-state index contributed by atoms with van der Waals surface area (Å²) in [5.74, 6) is 20.5. The molecular weight excluding hydrogens is 360 g/mol. The predicted molar refractivity (Wildman–Crippen MR) is 107 cm³/mol. The smallest absolute Gasteiger partial charge is 0.0105 e. The molecule has 0 saturated heterocycles. The van der Waals surface area contributed by atoms with E-state index in [1.807, 2.05) is 12.8 Å².